The standard InChI is InChI=1S/C21H14O4S/c1-24-21(23)14-6-4-5-13(11-14)17-10-9-15(25-17)12-19-20(22)16-7-2-3-8-18(16)26-19/h2-12H,1H3/b19-12-. The van der Waals surface area contributed by atoms with Gasteiger partial charge in [-0.3, -0.25) is 4.79 Å². The highest BCUT2D eigenvalue weighted by molar-refractivity contribution is 8.04. The van der Waals surface area contributed by atoms with Gasteiger partial charge in [-0.15, -0.1) is 0 Å². The molecule has 0 aliphatic carbocycles. The maximum Gasteiger partial charge on any atom is 0.337 e. The van der Waals surface area contributed by atoms with Crippen molar-refractivity contribution in [3.05, 3.63) is 82.5 Å². The van der Waals surface area contributed by atoms with Gasteiger partial charge in [-0.2, -0.15) is 0 Å². The van der Waals surface area contributed by atoms with E-state index in [1.807, 2.05) is 42.5 Å². The third-order valence-corrected chi connectivity index (χ3v) is 5.14. The van der Waals surface area contributed by atoms with Crippen LogP contribution in [-0.4, -0.2) is 18.9 Å². The van der Waals surface area contributed by atoms with Crippen LogP contribution in [0.5, 0.6) is 0 Å². The molecule has 0 N–H and O–H groups in total. The van der Waals surface area contributed by atoms with Gasteiger partial charge in [0.1, 0.15) is 11.5 Å². The molecular weight excluding hydrogens is 348 g/mol. The van der Waals surface area contributed by atoms with Crippen LogP contribution in [0.25, 0.3) is 17.4 Å². The van der Waals surface area contributed by atoms with Crippen LogP contribution >= 0.6 is 11.8 Å². The van der Waals surface area contributed by atoms with E-state index in [9.17, 15) is 9.59 Å². The Hall–Kier alpha value is -3.05. The second-order valence-corrected chi connectivity index (χ2v) is 6.79. The van der Waals surface area contributed by atoms with Gasteiger partial charge < -0.3 is 9.15 Å². The molecule has 0 saturated carbocycles. The van der Waals surface area contributed by atoms with Crippen molar-refractivity contribution in [2.75, 3.05) is 7.11 Å². The zero-order valence-corrected chi connectivity index (χ0v) is 14.7. The number of allylic oxidation sites excluding steroid dienone is 1. The van der Waals surface area contributed by atoms with Crippen LogP contribution in [0, 0.1) is 0 Å². The minimum Gasteiger partial charge on any atom is -0.465 e. The Morgan fingerprint density at radius 3 is 2.73 bits per heavy atom. The predicted octanol–water partition coefficient (Wildman–Crippen LogP) is 5.06. The smallest absolute Gasteiger partial charge is 0.337 e. The summed E-state index contributed by atoms with van der Waals surface area (Å²) in [4.78, 5) is 25.7. The number of ether oxygens (including phenoxy) is 1. The lowest BCUT2D eigenvalue weighted by atomic mass is 10.1. The van der Waals surface area contributed by atoms with Crippen LogP contribution in [0.15, 0.2) is 74.9 Å². The van der Waals surface area contributed by atoms with Gasteiger partial charge in [0.15, 0.2) is 0 Å². The van der Waals surface area contributed by atoms with Gasteiger partial charge in [0.05, 0.1) is 17.6 Å². The minimum atomic E-state index is -0.397. The minimum absolute atomic E-state index is 0.0104. The summed E-state index contributed by atoms with van der Waals surface area (Å²) in [6, 6.07) is 18.2. The van der Waals surface area contributed by atoms with Crippen LogP contribution in [0.2, 0.25) is 0 Å². The van der Waals surface area contributed by atoms with Gasteiger partial charge in [0.25, 0.3) is 0 Å². The molecule has 0 bridgehead atoms. The molecule has 0 fully saturated rings. The van der Waals surface area contributed by atoms with Crippen LogP contribution in [0.4, 0.5) is 0 Å². The van der Waals surface area contributed by atoms with Gasteiger partial charge >= 0.3 is 5.97 Å². The number of thioether (sulfide) groups is 1. The van der Waals surface area contributed by atoms with E-state index in [0.29, 0.717) is 22.0 Å². The van der Waals surface area contributed by atoms with Gasteiger partial charge in [0.2, 0.25) is 5.78 Å². The van der Waals surface area contributed by atoms with Crippen molar-refractivity contribution < 1.29 is 18.7 Å². The summed E-state index contributed by atoms with van der Waals surface area (Å²) in [6.07, 6.45) is 1.75. The number of fused-ring (bicyclic) bond motifs is 1. The summed E-state index contributed by atoms with van der Waals surface area (Å²) in [7, 11) is 1.35. The molecule has 26 heavy (non-hydrogen) atoms. The highest BCUT2D eigenvalue weighted by atomic mass is 32.2. The van der Waals surface area contributed by atoms with Gasteiger partial charge in [-0.1, -0.05) is 36.0 Å². The Balaban J connectivity index is 1.62. The Morgan fingerprint density at radius 2 is 1.92 bits per heavy atom. The number of rotatable bonds is 3. The molecule has 4 nitrogen and oxygen atoms in total. The first-order valence-electron chi connectivity index (χ1n) is 7.97. The molecule has 0 saturated heterocycles. The molecule has 2 heterocycles. The number of carbonyl (C=O) groups excluding carboxylic acids is 2. The fourth-order valence-electron chi connectivity index (χ4n) is 2.77. The molecule has 4 rings (SSSR count). The fraction of sp³-hybridized carbons (Fsp3) is 0.0476. The van der Waals surface area contributed by atoms with E-state index in [-0.39, 0.29) is 5.78 Å². The highest BCUT2D eigenvalue weighted by Gasteiger charge is 2.25. The quantitative estimate of drug-likeness (QED) is 0.481. The maximum atomic E-state index is 12.4. The monoisotopic (exact) mass is 362 g/mol. The zero-order valence-electron chi connectivity index (χ0n) is 13.9. The molecule has 1 aliphatic rings. The van der Waals surface area contributed by atoms with Crippen molar-refractivity contribution in [3.63, 3.8) is 0 Å². The van der Waals surface area contributed by atoms with E-state index in [1.54, 1.807) is 24.3 Å². The number of hydrogen-bond donors (Lipinski definition) is 0. The van der Waals surface area contributed by atoms with Crippen LogP contribution < -0.4 is 0 Å². The Bertz CT molecular complexity index is 1050. The molecule has 0 unspecified atom stereocenters. The number of furan rings is 1. The number of Topliss-reactive ketones (excluding diaryl/α,β-unsaturated/α-hetero) is 1. The SMILES string of the molecule is COC(=O)c1cccc(-c2ccc(/C=C3\Sc4ccccc4C3=O)o2)c1. The Labute approximate surface area is 154 Å². The molecule has 1 aromatic heterocycles. The van der Waals surface area contributed by atoms with Crippen molar-refractivity contribution in [1.82, 2.24) is 0 Å². The summed E-state index contributed by atoms with van der Waals surface area (Å²) in [5.74, 6) is 0.824. The normalized spacial score (nSPS) is 14.5. The van der Waals surface area contributed by atoms with Crippen molar-refractivity contribution in [2.45, 2.75) is 4.90 Å². The lowest BCUT2D eigenvalue weighted by Gasteiger charge is -2.01. The van der Waals surface area contributed by atoms with Crippen molar-refractivity contribution in [1.29, 1.82) is 0 Å². The number of hydrogen-bond acceptors (Lipinski definition) is 5. The molecule has 128 valence electrons. The second kappa shape index (κ2) is 6.69. The molecule has 3 aromatic rings. The van der Waals surface area contributed by atoms with E-state index in [0.717, 1.165) is 16.0 Å². The highest BCUT2D eigenvalue weighted by Crippen LogP contribution is 2.40. The van der Waals surface area contributed by atoms with E-state index < -0.39 is 5.97 Å². The summed E-state index contributed by atoms with van der Waals surface area (Å²) in [5.41, 5.74) is 1.95. The van der Waals surface area contributed by atoms with Crippen LogP contribution in [0.1, 0.15) is 26.5 Å². The first-order chi connectivity index (χ1) is 12.7. The largest absolute Gasteiger partial charge is 0.465 e. The predicted molar refractivity (Wildman–Crippen MR) is 100 cm³/mol. The number of ketones is 1. The summed E-state index contributed by atoms with van der Waals surface area (Å²) >= 11 is 1.44. The fourth-order valence-corrected chi connectivity index (χ4v) is 3.80. The molecule has 5 heteroatoms. The summed E-state index contributed by atoms with van der Waals surface area (Å²) in [6.45, 7) is 0. The third-order valence-electron chi connectivity index (χ3n) is 4.04. The van der Waals surface area contributed by atoms with Gasteiger partial charge in [-0.25, -0.2) is 4.79 Å². The van der Waals surface area contributed by atoms with Crippen molar-refractivity contribution >= 4 is 29.6 Å². The lowest BCUT2D eigenvalue weighted by molar-refractivity contribution is 0.0600. The molecule has 1 aliphatic heterocycles. The molecule has 0 amide bonds. The maximum absolute atomic E-state index is 12.4. The van der Waals surface area contributed by atoms with Crippen LogP contribution in [0.3, 0.4) is 0 Å². The molecule has 0 radical (unpaired) electrons. The topological polar surface area (TPSA) is 56.5 Å². The van der Waals surface area contributed by atoms with E-state index >= 15 is 0 Å². The Kier molecular flexibility index (Phi) is 4.22. The van der Waals surface area contributed by atoms with E-state index in [4.69, 9.17) is 9.15 Å². The van der Waals surface area contributed by atoms with Crippen LogP contribution in [-0.2, 0) is 4.74 Å². The van der Waals surface area contributed by atoms with E-state index in [1.165, 1.54) is 18.9 Å². The number of methoxy groups -OCH3 is 1. The average molecular weight is 362 g/mol. The third kappa shape index (κ3) is 2.97. The first-order valence-corrected chi connectivity index (χ1v) is 8.79. The number of esters is 1. The zero-order chi connectivity index (χ0) is 18.1. The van der Waals surface area contributed by atoms with Gasteiger partial charge in [-0.05, 0) is 42.5 Å². The molecular formula is C21H14O4S. The second-order valence-electron chi connectivity index (χ2n) is 5.71. The summed E-state index contributed by atoms with van der Waals surface area (Å²) < 4.78 is 10.6. The number of benzene rings is 2. The average Bonchev–Trinajstić information content (AvgIpc) is 3.27. The molecule has 0 spiro atoms. The molecule has 2 aromatic carbocycles. The number of carbonyl (C=O) groups is 2. The van der Waals surface area contributed by atoms with E-state index in [2.05, 4.69) is 0 Å². The molecule has 0 atom stereocenters. The van der Waals surface area contributed by atoms with Crippen molar-refractivity contribution in [2.24, 2.45) is 0 Å². The first kappa shape index (κ1) is 16.4. The van der Waals surface area contributed by atoms with Crippen molar-refractivity contribution in [3.8, 4) is 11.3 Å². The Morgan fingerprint density at radius 1 is 1.08 bits per heavy atom. The summed E-state index contributed by atoms with van der Waals surface area (Å²) in [5, 5.41) is 0. The van der Waals surface area contributed by atoms with Gasteiger partial charge in [0, 0.05) is 16.0 Å². The lowest BCUT2D eigenvalue weighted by Crippen LogP contribution is -2.00.